The SMILES string of the molecule is CCC(O)C(C)=C(O)O. The molecule has 0 saturated carbocycles. The van der Waals surface area contributed by atoms with Gasteiger partial charge in [0.05, 0.1) is 6.10 Å². The summed E-state index contributed by atoms with van der Waals surface area (Å²) in [4.78, 5) is 0. The Morgan fingerprint density at radius 3 is 2.00 bits per heavy atom. The first kappa shape index (κ1) is 8.30. The van der Waals surface area contributed by atoms with E-state index in [4.69, 9.17) is 15.3 Å². The van der Waals surface area contributed by atoms with Gasteiger partial charge in [-0.2, -0.15) is 0 Å². The van der Waals surface area contributed by atoms with Gasteiger partial charge < -0.3 is 15.3 Å². The minimum Gasteiger partial charge on any atom is -0.481 e. The monoisotopic (exact) mass is 132 g/mol. The fourth-order valence-electron chi connectivity index (χ4n) is 0.455. The van der Waals surface area contributed by atoms with Crippen molar-refractivity contribution in [2.75, 3.05) is 0 Å². The van der Waals surface area contributed by atoms with Crippen molar-refractivity contribution in [3.8, 4) is 0 Å². The van der Waals surface area contributed by atoms with Crippen molar-refractivity contribution in [2.24, 2.45) is 0 Å². The summed E-state index contributed by atoms with van der Waals surface area (Å²) in [5.74, 6) is -0.774. The van der Waals surface area contributed by atoms with Gasteiger partial charge in [-0.25, -0.2) is 0 Å². The average Bonchev–Trinajstić information content (AvgIpc) is 1.84. The predicted octanol–water partition coefficient (Wildman–Crippen LogP) is 1.10. The maximum absolute atomic E-state index is 8.92. The minimum atomic E-state index is -0.774. The molecule has 0 amide bonds. The molecule has 0 aliphatic rings. The number of hydrogen-bond acceptors (Lipinski definition) is 3. The van der Waals surface area contributed by atoms with Crippen LogP contribution in [0.25, 0.3) is 0 Å². The lowest BCUT2D eigenvalue weighted by Crippen LogP contribution is -2.08. The Hall–Kier alpha value is -0.700. The van der Waals surface area contributed by atoms with Crippen LogP contribution in [0, 0.1) is 0 Å². The fraction of sp³-hybridized carbons (Fsp3) is 0.667. The van der Waals surface area contributed by atoms with Gasteiger partial charge in [-0.1, -0.05) is 6.92 Å². The van der Waals surface area contributed by atoms with Gasteiger partial charge in [0.2, 0.25) is 0 Å². The van der Waals surface area contributed by atoms with Crippen LogP contribution in [0.1, 0.15) is 20.3 Å². The lowest BCUT2D eigenvalue weighted by molar-refractivity contribution is 0.149. The summed E-state index contributed by atoms with van der Waals surface area (Å²) >= 11 is 0. The third-order valence-corrected chi connectivity index (χ3v) is 1.24. The molecule has 0 saturated heterocycles. The third-order valence-electron chi connectivity index (χ3n) is 1.24. The molecule has 9 heavy (non-hydrogen) atoms. The molecule has 0 aromatic carbocycles. The first-order valence-electron chi connectivity index (χ1n) is 2.86. The molecule has 0 heterocycles. The molecule has 3 nitrogen and oxygen atoms in total. The van der Waals surface area contributed by atoms with E-state index >= 15 is 0 Å². The summed E-state index contributed by atoms with van der Waals surface area (Å²) < 4.78 is 0. The Morgan fingerprint density at radius 2 is 1.89 bits per heavy atom. The van der Waals surface area contributed by atoms with Gasteiger partial charge >= 0.3 is 0 Å². The summed E-state index contributed by atoms with van der Waals surface area (Å²) in [6, 6.07) is 0. The van der Waals surface area contributed by atoms with Crippen LogP contribution in [0.15, 0.2) is 11.5 Å². The maximum Gasteiger partial charge on any atom is 0.275 e. The molecule has 0 rings (SSSR count). The summed E-state index contributed by atoms with van der Waals surface area (Å²) in [6.07, 6.45) is -0.230. The summed E-state index contributed by atoms with van der Waals surface area (Å²) in [5, 5.41) is 25.7. The number of rotatable bonds is 2. The van der Waals surface area contributed by atoms with Crippen LogP contribution in [0.5, 0.6) is 0 Å². The van der Waals surface area contributed by atoms with Crippen LogP contribution in [-0.4, -0.2) is 21.4 Å². The van der Waals surface area contributed by atoms with E-state index in [1.165, 1.54) is 6.92 Å². The van der Waals surface area contributed by atoms with Crippen molar-refractivity contribution in [1.29, 1.82) is 0 Å². The van der Waals surface area contributed by atoms with E-state index in [0.29, 0.717) is 6.42 Å². The Labute approximate surface area is 54.3 Å². The quantitative estimate of drug-likeness (QED) is 0.493. The number of aliphatic hydroxyl groups is 3. The van der Waals surface area contributed by atoms with E-state index < -0.39 is 12.0 Å². The lowest BCUT2D eigenvalue weighted by Gasteiger charge is -2.06. The van der Waals surface area contributed by atoms with E-state index in [0.717, 1.165) is 0 Å². The Balaban J connectivity index is 4.02. The highest BCUT2D eigenvalue weighted by molar-refractivity contribution is 5.03. The topological polar surface area (TPSA) is 60.7 Å². The van der Waals surface area contributed by atoms with E-state index in [-0.39, 0.29) is 5.57 Å². The minimum absolute atomic E-state index is 0.220. The normalized spacial score (nSPS) is 12.8. The van der Waals surface area contributed by atoms with Gasteiger partial charge in [-0.15, -0.1) is 0 Å². The molecule has 0 aliphatic carbocycles. The molecule has 0 aliphatic heterocycles. The Morgan fingerprint density at radius 1 is 1.44 bits per heavy atom. The van der Waals surface area contributed by atoms with E-state index in [1.807, 2.05) is 0 Å². The molecular weight excluding hydrogens is 120 g/mol. The molecule has 0 radical (unpaired) electrons. The largest absolute Gasteiger partial charge is 0.481 e. The molecule has 0 aromatic heterocycles. The Kier molecular flexibility index (Phi) is 3.09. The lowest BCUT2D eigenvalue weighted by atomic mass is 10.1. The van der Waals surface area contributed by atoms with Gasteiger partial charge in [0.15, 0.2) is 0 Å². The van der Waals surface area contributed by atoms with Crippen LogP contribution >= 0.6 is 0 Å². The summed E-state index contributed by atoms with van der Waals surface area (Å²) in [5.41, 5.74) is 0.220. The van der Waals surface area contributed by atoms with Gasteiger partial charge in [0.1, 0.15) is 0 Å². The second-order valence-electron chi connectivity index (χ2n) is 1.93. The fourth-order valence-corrected chi connectivity index (χ4v) is 0.455. The molecule has 3 N–H and O–H groups in total. The van der Waals surface area contributed by atoms with Crippen molar-refractivity contribution >= 4 is 0 Å². The highest BCUT2D eigenvalue weighted by Gasteiger charge is 2.07. The summed E-state index contributed by atoms with van der Waals surface area (Å²) in [6.45, 7) is 3.24. The van der Waals surface area contributed by atoms with Gasteiger partial charge in [-0.05, 0) is 13.3 Å². The molecule has 0 spiro atoms. The zero-order valence-corrected chi connectivity index (χ0v) is 5.63. The molecule has 0 bridgehead atoms. The standard InChI is InChI=1S/C6H12O3/c1-3-5(7)4(2)6(8)9/h5,7-9H,3H2,1-2H3. The molecule has 0 aromatic rings. The number of aliphatic hydroxyl groups excluding tert-OH is 2. The predicted molar refractivity (Wildman–Crippen MR) is 34.3 cm³/mol. The highest BCUT2D eigenvalue weighted by Crippen LogP contribution is 2.06. The van der Waals surface area contributed by atoms with E-state index in [2.05, 4.69) is 0 Å². The molecule has 0 fully saturated rings. The first-order chi connectivity index (χ1) is 4.09. The molecule has 3 heteroatoms. The van der Waals surface area contributed by atoms with Crippen LogP contribution < -0.4 is 0 Å². The zero-order valence-electron chi connectivity index (χ0n) is 5.63. The molecule has 1 unspecified atom stereocenters. The van der Waals surface area contributed by atoms with Crippen molar-refractivity contribution in [1.82, 2.24) is 0 Å². The first-order valence-corrected chi connectivity index (χ1v) is 2.86. The van der Waals surface area contributed by atoms with Crippen molar-refractivity contribution in [3.63, 3.8) is 0 Å². The third kappa shape index (κ3) is 2.37. The molecular formula is C6H12O3. The smallest absolute Gasteiger partial charge is 0.275 e. The maximum atomic E-state index is 8.92. The second-order valence-corrected chi connectivity index (χ2v) is 1.93. The van der Waals surface area contributed by atoms with Gasteiger partial charge in [-0.3, -0.25) is 0 Å². The molecule has 54 valence electrons. The average molecular weight is 132 g/mol. The Bertz CT molecular complexity index is 113. The van der Waals surface area contributed by atoms with E-state index in [1.54, 1.807) is 6.92 Å². The van der Waals surface area contributed by atoms with Crippen LogP contribution in [-0.2, 0) is 0 Å². The van der Waals surface area contributed by atoms with Gasteiger partial charge in [0.25, 0.3) is 5.95 Å². The van der Waals surface area contributed by atoms with Crippen LogP contribution in [0.4, 0.5) is 0 Å². The van der Waals surface area contributed by atoms with Crippen molar-refractivity contribution < 1.29 is 15.3 Å². The van der Waals surface area contributed by atoms with Gasteiger partial charge in [0, 0.05) is 5.57 Å². The van der Waals surface area contributed by atoms with Crippen molar-refractivity contribution in [2.45, 2.75) is 26.4 Å². The summed E-state index contributed by atoms with van der Waals surface area (Å²) in [7, 11) is 0. The molecule has 1 atom stereocenters. The highest BCUT2D eigenvalue weighted by atomic mass is 16.5. The van der Waals surface area contributed by atoms with Crippen molar-refractivity contribution in [3.05, 3.63) is 11.5 Å². The van der Waals surface area contributed by atoms with Crippen LogP contribution in [0.3, 0.4) is 0 Å². The van der Waals surface area contributed by atoms with Crippen LogP contribution in [0.2, 0.25) is 0 Å². The van der Waals surface area contributed by atoms with E-state index in [9.17, 15) is 0 Å². The zero-order chi connectivity index (χ0) is 7.44. The second kappa shape index (κ2) is 3.35. The number of hydrogen-bond donors (Lipinski definition) is 3.